The number of halogens is 1. The topological polar surface area (TPSA) is 115 Å². The van der Waals surface area contributed by atoms with E-state index in [-0.39, 0.29) is 17.3 Å². The highest BCUT2D eigenvalue weighted by Crippen LogP contribution is 2.37. The second-order valence-electron chi connectivity index (χ2n) is 6.60. The zero-order chi connectivity index (χ0) is 22.0. The summed E-state index contributed by atoms with van der Waals surface area (Å²) < 4.78 is 5.30. The molecule has 0 radical (unpaired) electrons. The molecular weight excluding hydrogens is 420 g/mol. The fourth-order valence-corrected chi connectivity index (χ4v) is 3.31. The van der Waals surface area contributed by atoms with Crippen molar-refractivity contribution in [2.75, 3.05) is 17.7 Å². The molecule has 2 aromatic carbocycles. The van der Waals surface area contributed by atoms with Crippen LogP contribution < -0.4 is 15.4 Å². The number of nitro groups is 1. The van der Waals surface area contributed by atoms with Crippen LogP contribution in [-0.4, -0.2) is 27.0 Å². The van der Waals surface area contributed by atoms with E-state index in [0.29, 0.717) is 22.1 Å². The van der Waals surface area contributed by atoms with Crippen LogP contribution in [-0.2, 0) is 0 Å². The van der Waals surface area contributed by atoms with Gasteiger partial charge < -0.3 is 15.4 Å². The van der Waals surface area contributed by atoms with Crippen molar-refractivity contribution in [3.05, 3.63) is 75.7 Å². The Morgan fingerprint density at radius 3 is 2.48 bits per heavy atom. The van der Waals surface area contributed by atoms with Crippen LogP contribution in [0.5, 0.6) is 5.75 Å². The summed E-state index contributed by atoms with van der Waals surface area (Å²) in [5.41, 5.74) is 2.40. The third-order valence-corrected chi connectivity index (χ3v) is 4.78. The van der Waals surface area contributed by atoms with Gasteiger partial charge in [-0.15, -0.1) is 0 Å². The molecule has 0 saturated heterocycles. The SMILES string of the molecule is COc1ccc(Cl)cc1Nc1ncnc(Nc2cccc3nc(C)ccc23)c1[N+](=O)[O-]. The fraction of sp³-hybridized carbons (Fsp3) is 0.0952. The van der Waals surface area contributed by atoms with Gasteiger partial charge in [0.2, 0.25) is 11.6 Å². The number of aryl methyl sites for hydroxylation is 1. The first-order valence-electron chi connectivity index (χ1n) is 9.19. The molecule has 156 valence electrons. The molecule has 10 heteroatoms. The molecule has 4 aromatic rings. The molecule has 0 atom stereocenters. The normalized spacial score (nSPS) is 10.7. The van der Waals surface area contributed by atoms with E-state index in [9.17, 15) is 10.1 Å². The Morgan fingerprint density at radius 2 is 1.77 bits per heavy atom. The maximum atomic E-state index is 11.9. The third kappa shape index (κ3) is 4.17. The molecule has 2 aromatic heterocycles. The van der Waals surface area contributed by atoms with Gasteiger partial charge in [0.15, 0.2) is 0 Å². The van der Waals surface area contributed by atoms with Gasteiger partial charge in [-0.05, 0) is 49.4 Å². The highest BCUT2D eigenvalue weighted by atomic mass is 35.5. The lowest BCUT2D eigenvalue weighted by atomic mass is 10.1. The summed E-state index contributed by atoms with van der Waals surface area (Å²) in [5.74, 6) is 0.496. The van der Waals surface area contributed by atoms with Gasteiger partial charge in [-0.25, -0.2) is 9.97 Å². The van der Waals surface area contributed by atoms with Crippen molar-refractivity contribution in [3.63, 3.8) is 0 Å². The van der Waals surface area contributed by atoms with E-state index in [1.165, 1.54) is 13.4 Å². The fourth-order valence-electron chi connectivity index (χ4n) is 3.13. The maximum Gasteiger partial charge on any atom is 0.353 e. The van der Waals surface area contributed by atoms with Gasteiger partial charge in [-0.3, -0.25) is 15.1 Å². The minimum atomic E-state index is -0.546. The van der Waals surface area contributed by atoms with E-state index in [0.717, 1.165) is 16.6 Å². The number of aromatic nitrogens is 3. The zero-order valence-electron chi connectivity index (χ0n) is 16.6. The third-order valence-electron chi connectivity index (χ3n) is 4.54. The quantitative estimate of drug-likeness (QED) is 0.305. The number of hydrogen-bond donors (Lipinski definition) is 2. The summed E-state index contributed by atoms with van der Waals surface area (Å²) in [5, 5.41) is 19.2. The average molecular weight is 437 g/mol. The lowest BCUT2D eigenvalue weighted by Gasteiger charge is -2.13. The summed E-state index contributed by atoms with van der Waals surface area (Å²) in [7, 11) is 1.49. The first-order valence-corrected chi connectivity index (χ1v) is 9.57. The number of nitrogens with zero attached hydrogens (tertiary/aromatic N) is 4. The van der Waals surface area contributed by atoms with Crippen LogP contribution >= 0.6 is 11.6 Å². The van der Waals surface area contributed by atoms with Gasteiger partial charge in [-0.1, -0.05) is 17.7 Å². The number of nitrogens with one attached hydrogen (secondary N) is 2. The second kappa shape index (κ2) is 8.41. The highest BCUT2D eigenvalue weighted by Gasteiger charge is 2.24. The van der Waals surface area contributed by atoms with Crippen molar-refractivity contribution in [1.29, 1.82) is 0 Å². The lowest BCUT2D eigenvalue weighted by Crippen LogP contribution is -2.06. The van der Waals surface area contributed by atoms with Crippen LogP contribution in [0.3, 0.4) is 0 Å². The van der Waals surface area contributed by atoms with Crippen molar-refractivity contribution < 1.29 is 9.66 Å². The standard InChI is InChI=1S/C21H17ClN6O3/c1-12-6-8-14-15(25-12)4-3-5-16(14)26-20-19(28(29)30)21(24-11-23-20)27-17-10-13(22)7-9-18(17)31-2/h3-11H,1-2H3,(H2,23,24,26,27). The van der Waals surface area contributed by atoms with Gasteiger partial charge in [0.25, 0.3) is 0 Å². The van der Waals surface area contributed by atoms with E-state index in [1.54, 1.807) is 24.3 Å². The Kier molecular flexibility index (Phi) is 5.50. The predicted molar refractivity (Wildman–Crippen MR) is 120 cm³/mol. The molecule has 0 saturated carbocycles. The van der Waals surface area contributed by atoms with E-state index in [1.807, 2.05) is 31.2 Å². The molecule has 0 unspecified atom stereocenters. The number of benzene rings is 2. The highest BCUT2D eigenvalue weighted by molar-refractivity contribution is 6.31. The number of anilines is 4. The lowest BCUT2D eigenvalue weighted by molar-refractivity contribution is -0.383. The molecular formula is C21H17ClN6O3. The van der Waals surface area contributed by atoms with E-state index < -0.39 is 4.92 Å². The van der Waals surface area contributed by atoms with Gasteiger partial charge >= 0.3 is 5.69 Å². The number of hydrogen-bond acceptors (Lipinski definition) is 8. The molecule has 0 fully saturated rings. The first-order chi connectivity index (χ1) is 15.0. The molecule has 0 aliphatic rings. The van der Waals surface area contributed by atoms with Crippen molar-refractivity contribution in [2.24, 2.45) is 0 Å². The number of fused-ring (bicyclic) bond motifs is 1. The first kappa shape index (κ1) is 20.3. The molecule has 0 bridgehead atoms. The Labute approximate surface area is 182 Å². The Bertz CT molecular complexity index is 1300. The molecule has 0 aliphatic carbocycles. The number of rotatable bonds is 6. The summed E-state index contributed by atoms with van der Waals surface area (Å²) in [6, 6.07) is 14.2. The van der Waals surface area contributed by atoms with Gasteiger partial charge in [0, 0.05) is 21.8 Å². The molecule has 2 heterocycles. The van der Waals surface area contributed by atoms with Crippen LogP contribution in [0.1, 0.15) is 5.69 Å². The van der Waals surface area contributed by atoms with Gasteiger partial charge in [0.05, 0.1) is 23.2 Å². The molecule has 0 spiro atoms. The van der Waals surface area contributed by atoms with Gasteiger partial charge in [0.1, 0.15) is 12.1 Å². The maximum absolute atomic E-state index is 11.9. The molecule has 0 amide bonds. The predicted octanol–water partition coefficient (Wildman–Crippen LogP) is 5.39. The molecule has 2 N–H and O–H groups in total. The largest absolute Gasteiger partial charge is 0.495 e. The van der Waals surface area contributed by atoms with Crippen molar-refractivity contribution in [2.45, 2.75) is 6.92 Å². The van der Waals surface area contributed by atoms with Crippen LogP contribution in [0.2, 0.25) is 5.02 Å². The average Bonchev–Trinajstić information content (AvgIpc) is 2.74. The Morgan fingerprint density at radius 1 is 1.03 bits per heavy atom. The number of methoxy groups -OCH3 is 1. The van der Waals surface area contributed by atoms with Crippen LogP contribution in [0.4, 0.5) is 28.7 Å². The summed E-state index contributed by atoms with van der Waals surface area (Å²) >= 11 is 6.07. The molecule has 31 heavy (non-hydrogen) atoms. The second-order valence-corrected chi connectivity index (χ2v) is 7.03. The van der Waals surface area contributed by atoms with Gasteiger partial charge in [-0.2, -0.15) is 0 Å². The molecule has 4 rings (SSSR count). The van der Waals surface area contributed by atoms with Crippen LogP contribution in [0.25, 0.3) is 10.9 Å². The summed E-state index contributed by atoms with van der Waals surface area (Å²) in [4.78, 5) is 24.0. The minimum Gasteiger partial charge on any atom is -0.495 e. The van der Waals surface area contributed by atoms with Crippen LogP contribution in [0, 0.1) is 17.0 Å². The number of pyridine rings is 1. The Hall–Kier alpha value is -3.98. The molecule has 9 nitrogen and oxygen atoms in total. The van der Waals surface area contributed by atoms with E-state index in [4.69, 9.17) is 16.3 Å². The minimum absolute atomic E-state index is 0.00253. The number of ether oxygens (including phenoxy) is 1. The summed E-state index contributed by atoms with van der Waals surface area (Å²) in [6.45, 7) is 1.90. The van der Waals surface area contributed by atoms with Crippen molar-refractivity contribution in [3.8, 4) is 5.75 Å². The van der Waals surface area contributed by atoms with Crippen LogP contribution in [0.15, 0.2) is 54.9 Å². The van der Waals surface area contributed by atoms with E-state index in [2.05, 4.69) is 25.6 Å². The smallest absolute Gasteiger partial charge is 0.353 e. The monoisotopic (exact) mass is 436 g/mol. The zero-order valence-corrected chi connectivity index (χ0v) is 17.3. The van der Waals surface area contributed by atoms with E-state index >= 15 is 0 Å². The Balaban J connectivity index is 1.77. The summed E-state index contributed by atoms with van der Waals surface area (Å²) in [6.07, 6.45) is 1.24. The molecule has 0 aliphatic heterocycles. The van der Waals surface area contributed by atoms with Crippen molar-refractivity contribution >= 4 is 51.2 Å². The van der Waals surface area contributed by atoms with Crippen molar-refractivity contribution in [1.82, 2.24) is 15.0 Å².